The maximum Gasteiger partial charge on any atom is 0.178 e. The van der Waals surface area contributed by atoms with E-state index in [1.807, 2.05) is 18.2 Å². The van der Waals surface area contributed by atoms with E-state index in [0.717, 1.165) is 28.1 Å². The fourth-order valence-electron chi connectivity index (χ4n) is 1.99. The minimum atomic E-state index is 0.742. The monoisotopic (exact) mass is 276 g/mol. The average Bonchev–Trinajstić information content (AvgIpc) is 2.98. The summed E-state index contributed by atoms with van der Waals surface area (Å²) in [5, 5.41) is 2.08. The van der Waals surface area contributed by atoms with Gasteiger partial charge in [-0.25, -0.2) is 0 Å². The molecule has 2 aromatic heterocycles. The summed E-state index contributed by atoms with van der Waals surface area (Å²) in [6.07, 6.45) is 0. The summed E-state index contributed by atoms with van der Waals surface area (Å²) in [6, 6.07) is 10.1. The van der Waals surface area contributed by atoms with Crippen LogP contribution in [0.4, 0.5) is 0 Å². The first kappa shape index (κ1) is 11.5. The Morgan fingerprint density at radius 2 is 2.28 bits per heavy atom. The molecule has 5 heteroatoms. The first-order valence-corrected chi connectivity index (χ1v) is 6.85. The molecule has 1 N–H and O–H groups in total. The Balaban J connectivity index is 2.11. The normalized spacial score (nSPS) is 10.9. The predicted octanol–water partition coefficient (Wildman–Crippen LogP) is 3.82. The first-order valence-electron chi connectivity index (χ1n) is 5.57. The lowest BCUT2D eigenvalue weighted by atomic mass is 10.3. The molecule has 0 bridgehead atoms. The summed E-state index contributed by atoms with van der Waals surface area (Å²) >= 11 is 7.12. The third-order valence-electron chi connectivity index (χ3n) is 2.88. The molecule has 0 aliphatic carbocycles. The van der Waals surface area contributed by atoms with Gasteiger partial charge >= 0.3 is 0 Å². The molecule has 3 nitrogen and oxygen atoms in total. The number of rotatable bonds is 3. The van der Waals surface area contributed by atoms with Crippen LogP contribution < -0.4 is 4.74 Å². The van der Waals surface area contributed by atoms with E-state index in [4.69, 9.17) is 17.0 Å². The highest BCUT2D eigenvalue weighted by atomic mass is 32.1. The summed E-state index contributed by atoms with van der Waals surface area (Å²) in [5.74, 6) is 0.835. The van der Waals surface area contributed by atoms with Gasteiger partial charge in [0.15, 0.2) is 4.77 Å². The zero-order valence-corrected chi connectivity index (χ0v) is 11.5. The third-order valence-corrected chi connectivity index (χ3v) is 4.06. The number of aromatic nitrogens is 2. The summed E-state index contributed by atoms with van der Waals surface area (Å²) in [5.41, 5.74) is 2.12. The lowest BCUT2D eigenvalue weighted by Gasteiger charge is -2.03. The molecule has 0 fully saturated rings. The van der Waals surface area contributed by atoms with Crippen LogP contribution in [-0.2, 0) is 6.54 Å². The van der Waals surface area contributed by atoms with Crippen LogP contribution in [-0.4, -0.2) is 16.7 Å². The van der Waals surface area contributed by atoms with E-state index in [1.165, 1.54) is 4.88 Å². The summed E-state index contributed by atoms with van der Waals surface area (Å²) in [4.78, 5) is 4.51. The van der Waals surface area contributed by atoms with Gasteiger partial charge in [-0.05, 0) is 35.8 Å². The van der Waals surface area contributed by atoms with Crippen LogP contribution in [0, 0.1) is 4.77 Å². The molecule has 0 atom stereocenters. The van der Waals surface area contributed by atoms with E-state index in [0.29, 0.717) is 0 Å². The van der Waals surface area contributed by atoms with Crippen LogP contribution >= 0.6 is 23.6 Å². The van der Waals surface area contributed by atoms with Crippen LogP contribution in [0.1, 0.15) is 4.88 Å². The zero-order chi connectivity index (χ0) is 12.5. The van der Waals surface area contributed by atoms with Crippen molar-refractivity contribution in [2.24, 2.45) is 0 Å². The number of thiophene rings is 1. The van der Waals surface area contributed by atoms with Crippen LogP contribution in [0.5, 0.6) is 5.75 Å². The molecule has 3 aromatic rings. The largest absolute Gasteiger partial charge is 0.497 e. The van der Waals surface area contributed by atoms with Gasteiger partial charge in [-0.3, -0.25) is 0 Å². The summed E-state index contributed by atoms with van der Waals surface area (Å²) in [7, 11) is 1.67. The van der Waals surface area contributed by atoms with Crippen LogP contribution in [0.25, 0.3) is 11.0 Å². The smallest absolute Gasteiger partial charge is 0.178 e. The number of nitrogens with one attached hydrogen (secondary N) is 1. The highest BCUT2D eigenvalue weighted by Crippen LogP contribution is 2.22. The second-order valence-corrected chi connectivity index (χ2v) is 5.40. The Hall–Kier alpha value is -1.59. The van der Waals surface area contributed by atoms with Crippen molar-refractivity contribution in [3.63, 3.8) is 0 Å². The maximum atomic E-state index is 5.38. The maximum absolute atomic E-state index is 5.38. The van der Waals surface area contributed by atoms with Gasteiger partial charge in [0, 0.05) is 10.9 Å². The molecular formula is C13H12N2OS2. The lowest BCUT2D eigenvalue weighted by molar-refractivity contribution is 0.415. The quantitative estimate of drug-likeness (QED) is 0.737. The first-order chi connectivity index (χ1) is 8.78. The molecule has 0 aliphatic heterocycles. The van der Waals surface area contributed by atoms with Crippen molar-refractivity contribution in [2.75, 3.05) is 7.11 Å². The Morgan fingerprint density at radius 1 is 1.39 bits per heavy atom. The van der Waals surface area contributed by atoms with E-state index in [1.54, 1.807) is 18.4 Å². The number of methoxy groups -OCH3 is 1. The second kappa shape index (κ2) is 4.59. The number of H-pyrrole nitrogens is 1. The van der Waals surface area contributed by atoms with E-state index in [-0.39, 0.29) is 0 Å². The Labute approximate surface area is 114 Å². The van der Waals surface area contributed by atoms with Crippen molar-refractivity contribution in [2.45, 2.75) is 6.54 Å². The summed E-state index contributed by atoms with van der Waals surface area (Å²) in [6.45, 7) is 0.808. The number of fused-ring (bicyclic) bond motifs is 1. The van der Waals surface area contributed by atoms with Crippen molar-refractivity contribution in [1.29, 1.82) is 0 Å². The van der Waals surface area contributed by atoms with E-state index >= 15 is 0 Å². The fraction of sp³-hybridized carbons (Fsp3) is 0.154. The molecular weight excluding hydrogens is 264 g/mol. The van der Waals surface area contributed by atoms with Crippen molar-refractivity contribution in [1.82, 2.24) is 9.55 Å². The molecule has 0 saturated heterocycles. The van der Waals surface area contributed by atoms with Crippen molar-refractivity contribution in [3.8, 4) is 5.75 Å². The number of hydrogen-bond acceptors (Lipinski definition) is 3. The van der Waals surface area contributed by atoms with Gasteiger partial charge < -0.3 is 14.3 Å². The standard InChI is InChI=1S/C13H12N2OS2/c1-16-9-4-5-12-11(7-9)14-13(17)15(12)8-10-3-2-6-18-10/h2-7H,8H2,1H3,(H,14,17). The molecule has 0 aliphatic rings. The van der Waals surface area contributed by atoms with E-state index in [9.17, 15) is 0 Å². The molecule has 18 heavy (non-hydrogen) atoms. The third kappa shape index (κ3) is 1.95. The molecule has 1 aromatic carbocycles. The van der Waals surface area contributed by atoms with Gasteiger partial charge in [-0.1, -0.05) is 6.07 Å². The second-order valence-electron chi connectivity index (χ2n) is 3.98. The van der Waals surface area contributed by atoms with Gasteiger partial charge in [-0.2, -0.15) is 0 Å². The van der Waals surface area contributed by atoms with Crippen molar-refractivity contribution < 1.29 is 4.74 Å². The highest BCUT2D eigenvalue weighted by Gasteiger charge is 2.06. The lowest BCUT2D eigenvalue weighted by Crippen LogP contribution is -1.97. The van der Waals surface area contributed by atoms with E-state index < -0.39 is 0 Å². The SMILES string of the molecule is COc1ccc2c(c1)[nH]c(=S)n2Cc1cccs1. The number of aromatic amines is 1. The molecule has 2 heterocycles. The van der Waals surface area contributed by atoms with Crippen LogP contribution in [0.3, 0.4) is 0 Å². The van der Waals surface area contributed by atoms with Crippen LogP contribution in [0.2, 0.25) is 0 Å². The van der Waals surface area contributed by atoms with Crippen molar-refractivity contribution in [3.05, 3.63) is 45.4 Å². The number of ether oxygens (including phenoxy) is 1. The summed E-state index contributed by atoms with van der Waals surface area (Å²) < 4.78 is 8.07. The molecule has 0 saturated carbocycles. The molecule has 0 unspecified atom stereocenters. The predicted molar refractivity (Wildman–Crippen MR) is 77.1 cm³/mol. The average molecular weight is 276 g/mol. The Kier molecular flexibility index (Phi) is 2.93. The molecule has 0 spiro atoms. The molecule has 3 rings (SSSR count). The number of benzene rings is 1. The van der Waals surface area contributed by atoms with Crippen LogP contribution in [0.15, 0.2) is 35.7 Å². The molecule has 0 amide bonds. The van der Waals surface area contributed by atoms with Gasteiger partial charge in [-0.15, -0.1) is 11.3 Å². The Bertz CT molecular complexity index is 725. The Morgan fingerprint density at radius 3 is 3.00 bits per heavy atom. The minimum Gasteiger partial charge on any atom is -0.497 e. The highest BCUT2D eigenvalue weighted by molar-refractivity contribution is 7.71. The van der Waals surface area contributed by atoms with Gasteiger partial charge in [0.2, 0.25) is 0 Å². The molecule has 92 valence electrons. The molecule has 0 radical (unpaired) electrons. The van der Waals surface area contributed by atoms with Gasteiger partial charge in [0.1, 0.15) is 5.75 Å². The number of hydrogen-bond donors (Lipinski definition) is 1. The number of nitrogens with zero attached hydrogens (tertiary/aromatic N) is 1. The van der Waals surface area contributed by atoms with E-state index in [2.05, 4.69) is 27.1 Å². The topological polar surface area (TPSA) is 29.9 Å². The van der Waals surface area contributed by atoms with Gasteiger partial charge in [0.25, 0.3) is 0 Å². The van der Waals surface area contributed by atoms with Gasteiger partial charge in [0.05, 0.1) is 24.7 Å². The number of imidazole rings is 1. The fourth-order valence-corrected chi connectivity index (χ4v) is 2.95. The van der Waals surface area contributed by atoms with Crippen molar-refractivity contribution >= 4 is 34.6 Å². The minimum absolute atomic E-state index is 0.742. The zero-order valence-electron chi connectivity index (χ0n) is 9.84.